The van der Waals surface area contributed by atoms with Crippen molar-refractivity contribution in [1.82, 2.24) is 24.7 Å². The molecule has 0 aliphatic carbocycles. The summed E-state index contributed by atoms with van der Waals surface area (Å²) >= 11 is 5.12. The number of aromatic nitrogens is 4. The number of thiocarbonyl (C=S) groups is 1. The lowest BCUT2D eigenvalue weighted by molar-refractivity contribution is 0.338. The van der Waals surface area contributed by atoms with Crippen molar-refractivity contribution in [2.45, 2.75) is 6.92 Å². The molecule has 0 saturated carbocycles. The monoisotopic (exact) mass is 293 g/mol. The molecule has 2 aromatic rings. The molecule has 0 aliphatic rings. The second-order valence-corrected chi connectivity index (χ2v) is 4.53. The van der Waals surface area contributed by atoms with Crippen molar-refractivity contribution in [3.05, 3.63) is 34.7 Å². The van der Waals surface area contributed by atoms with E-state index in [-0.39, 0.29) is 5.11 Å². The zero-order valence-corrected chi connectivity index (χ0v) is 12.3. The largest absolute Gasteiger partial charge is 0.492 e. The summed E-state index contributed by atoms with van der Waals surface area (Å²) in [7, 11) is 3.48. The molecule has 0 saturated heterocycles. The predicted octanol–water partition coefficient (Wildman–Crippen LogP) is 0.522. The van der Waals surface area contributed by atoms with Gasteiger partial charge < -0.3 is 9.64 Å². The second-order valence-electron chi connectivity index (χ2n) is 4.16. The molecule has 0 bridgehead atoms. The topological polar surface area (TPSA) is 65.2 Å². The number of hydrogen-bond acceptors (Lipinski definition) is 5. The first-order valence-corrected chi connectivity index (χ1v) is 6.46. The standard InChI is InChI=1S/C12H15N5O2S/c1-4-19-10-8-6-5-7-9(10)16-11(18)17(14-13-16)12(20)15(2)3/h5-8H,4H2,1-3H3. The molecule has 1 aromatic heterocycles. The van der Waals surface area contributed by atoms with Crippen LogP contribution in [0.25, 0.3) is 5.69 Å². The highest BCUT2D eigenvalue weighted by atomic mass is 32.1. The molecular weight excluding hydrogens is 278 g/mol. The van der Waals surface area contributed by atoms with E-state index in [1.165, 1.54) is 4.68 Å². The summed E-state index contributed by atoms with van der Waals surface area (Å²) in [4.78, 5) is 13.9. The number of ether oxygens (including phenoxy) is 1. The molecule has 0 radical (unpaired) electrons. The summed E-state index contributed by atoms with van der Waals surface area (Å²) in [5, 5.41) is 7.92. The Balaban J connectivity index is 2.50. The number of benzene rings is 1. The van der Waals surface area contributed by atoms with Crippen LogP contribution < -0.4 is 10.4 Å². The molecule has 0 N–H and O–H groups in total. The maximum Gasteiger partial charge on any atom is 0.375 e. The van der Waals surface area contributed by atoms with E-state index >= 15 is 0 Å². The molecule has 8 heteroatoms. The summed E-state index contributed by atoms with van der Waals surface area (Å²) in [6, 6.07) is 7.14. The van der Waals surface area contributed by atoms with Crippen molar-refractivity contribution in [2.75, 3.05) is 20.7 Å². The van der Waals surface area contributed by atoms with E-state index in [0.717, 1.165) is 4.68 Å². The Bertz CT molecular complexity index is 676. The Morgan fingerprint density at radius 1 is 1.35 bits per heavy atom. The lowest BCUT2D eigenvalue weighted by Gasteiger charge is -2.11. The Hall–Kier alpha value is -2.22. The maximum atomic E-state index is 12.3. The van der Waals surface area contributed by atoms with Crippen LogP contribution in [0.2, 0.25) is 0 Å². The molecule has 0 amide bonds. The van der Waals surface area contributed by atoms with E-state index in [4.69, 9.17) is 17.0 Å². The minimum atomic E-state index is -0.434. The van der Waals surface area contributed by atoms with Crippen molar-refractivity contribution in [1.29, 1.82) is 0 Å². The van der Waals surface area contributed by atoms with Gasteiger partial charge in [0.05, 0.1) is 6.61 Å². The summed E-state index contributed by atoms with van der Waals surface area (Å²) in [6.45, 7) is 2.37. The lowest BCUT2D eigenvalue weighted by atomic mass is 10.3. The van der Waals surface area contributed by atoms with Crippen molar-refractivity contribution >= 4 is 17.3 Å². The Morgan fingerprint density at radius 3 is 2.70 bits per heavy atom. The van der Waals surface area contributed by atoms with Gasteiger partial charge >= 0.3 is 5.69 Å². The molecular formula is C12H15N5O2S. The number of rotatable bonds is 3. The second kappa shape index (κ2) is 5.83. The van der Waals surface area contributed by atoms with Gasteiger partial charge in [0, 0.05) is 14.1 Å². The molecule has 20 heavy (non-hydrogen) atoms. The Labute approximate surface area is 121 Å². The third kappa shape index (κ3) is 2.55. The molecule has 0 aliphatic heterocycles. The highest BCUT2D eigenvalue weighted by molar-refractivity contribution is 7.80. The van der Waals surface area contributed by atoms with Crippen LogP contribution in [0, 0.1) is 0 Å². The van der Waals surface area contributed by atoms with Crippen LogP contribution in [0.1, 0.15) is 6.92 Å². The molecule has 1 heterocycles. The van der Waals surface area contributed by atoms with Gasteiger partial charge in [0.1, 0.15) is 11.4 Å². The summed E-state index contributed by atoms with van der Waals surface area (Å²) < 4.78 is 7.72. The van der Waals surface area contributed by atoms with Gasteiger partial charge in [-0.25, -0.2) is 4.79 Å². The summed E-state index contributed by atoms with van der Waals surface area (Å²) in [5.74, 6) is 0.569. The number of nitrogens with zero attached hydrogens (tertiary/aromatic N) is 5. The van der Waals surface area contributed by atoms with E-state index in [1.54, 1.807) is 37.2 Å². The zero-order chi connectivity index (χ0) is 14.7. The van der Waals surface area contributed by atoms with E-state index < -0.39 is 5.69 Å². The van der Waals surface area contributed by atoms with Gasteiger partial charge in [0.15, 0.2) is 0 Å². The van der Waals surface area contributed by atoms with Crippen LogP contribution >= 0.6 is 12.2 Å². The number of para-hydroxylation sites is 2. The fourth-order valence-corrected chi connectivity index (χ4v) is 1.73. The number of hydrogen-bond donors (Lipinski definition) is 0. The van der Waals surface area contributed by atoms with Gasteiger partial charge in [-0.1, -0.05) is 12.1 Å². The van der Waals surface area contributed by atoms with Crippen molar-refractivity contribution < 1.29 is 4.74 Å². The number of tetrazole rings is 1. The van der Waals surface area contributed by atoms with Gasteiger partial charge in [-0.05, 0) is 41.7 Å². The first-order chi connectivity index (χ1) is 9.56. The quantitative estimate of drug-likeness (QED) is 0.769. The molecule has 1 aromatic carbocycles. The van der Waals surface area contributed by atoms with E-state index in [1.807, 2.05) is 13.0 Å². The third-order valence-corrected chi connectivity index (χ3v) is 3.08. The van der Waals surface area contributed by atoms with Crippen LogP contribution in [0.3, 0.4) is 0 Å². The minimum Gasteiger partial charge on any atom is -0.492 e. The van der Waals surface area contributed by atoms with Gasteiger partial charge in [-0.2, -0.15) is 4.68 Å². The average molecular weight is 293 g/mol. The van der Waals surface area contributed by atoms with E-state index in [0.29, 0.717) is 18.0 Å². The normalized spacial score (nSPS) is 10.3. The van der Waals surface area contributed by atoms with Gasteiger partial charge in [0.25, 0.3) is 0 Å². The molecule has 0 atom stereocenters. The average Bonchev–Trinajstić information content (AvgIpc) is 2.80. The van der Waals surface area contributed by atoms with Crippen LogP contribution in [0.4, 0.5) is 0 Å². The minimum absolute atomic E-state index is 0.273. The molecule has 7 nitrogen and oxygen atoms in total. The maximum absolute atomic E-state index is 12.3. The third-order valence-electron chi connectivity index (χ3n) is 2.54. The van der Waals surface area contributed by atoms with Crippen LogP contribution in [0.15, 0.2) is 29.1 Å². The van der Waals surface area contributed by atoms with E-state index in [9.17, 15) is 4.79 Å². The molecule has 106 valence electrons. The molecule has 0 spiro atoms. The van der Waals surface area contributed by atoms with Crippen LogP contribution in [-0.2, 0) is 0 Å². The van der Waals surface area contributed by atoms with Gasteiger partial charge in [0.2, 0.25) is 5.11 Å². The molecule has 2 rings (SSSR count). The zero-order valence-electron chi connectivity index (χ0n) is 11.5. The van der Waals surface area contributed by atoms with E-state index in [2.05, 4.69) is 10.4 Å². The summed E-state index contributed by atoms with van der Waals surface area (Å²) in [5.41, 5.74) is 0.100. The predicted molar refractivity (Wildman–Crippen MR) is 78.5 cm³/mol. The first-order valence-electron chi connectivity index (χ1n) is 6.05. The lowest BCUT2D eigenvalue weighted by Crippen LogP contribution is -2.36. The van der Waals surface area contributed by atoms with Crippen molar-refractivity contribution in [2.24, 2.45) is 0 Å². The first kappa shape index (κ1) is 14.2. The fraction of sp³-hybridized carbons (Fsp3) is 0.333. The highest BCUT2D eigenvalue weighted by Gasteiger charge is 2.16. The molecule has 0 unspecified atom stereocenters. The Morgan fingerprint density at radius 2 is 2.05 bits per heavy atom. The Kier molecular flexibility index (Phi) is 4.14. The van der Waals surface area contributed by atoms with Crippen LogP contribution in [-0.4, -0.2) is 50.5 Å². The van der Waals surface area contributed by atoms with Gasteiger partial charge in [-0.15, -0.1) is 4.68 Å². The fourth-order valence-electron chi connectivity index (χ4n) is 1.62. The SMILES string of the molecule is CCOc1ccccc1-n1nnn(C(=S)N(C)C)c1=O. The van der Waals surface area contributed by atoms with Crippen molar-refractivity contribution in [3.63, 3.8) is 0 Å². The van der Waals surface area contributed by atoms with Crippen molar-refractivity contribution in [3.8, 4) is 11.4 Å². The van der Waals surface area contributed by atoms with Gasteiger partial charge in [-0.3, -0.25) is 0 Å². The summed E-state index contributed by atoms with van der Waals surface area (Å²) in [6.07, 6.45) is 0. The smallest absolute Gasteiger partial charge is 0.375 e. The molecule has 0 fully saturated rings. The highest BCUT2D eigenvalue weighted by Crippen LogP contribution is 2.19. The van der Waals surface area contributed by atoms with Crippen LogP contribution in [0.5, 0.6) is 5.75 Å².